The van der Waals surface area contributed by atoms with Crippen molar-refractivity contribution in [3.05, 3.63) is 52.5 Å². The van der Waals surface area contributed by atoms with E-state index >= 15 is 0 Å². The van der Waals surface area contributed by atoms with E-state index < -0.39 is 0 Å². The summed E-state index contributed by atoms with van der Waals surface area (Å²) >= 11 is 1.67. The first-order valence-electron chi connectivity index (χ1n) is 10.1. The number of thiophene rings is 1. The van der Waals surface area contributed by atoms with Crippen molar-refractivity contribution in [3.8, 4) is 0 Å². The molecule has 1 saturated heterocycles. The highest BCUT2D eigenvalue weighted by molar-refractivity contribution is 7.09. The number of anilines is 1. The van der Waals surface area contributed by atoms with Crippen LogP contribution in [0, 0.1) is 5.82 Å². The highest BCUT2D eigenvalue weighted by Crippen LogP contribution is 2.11. The molecule has 2 amide bonds. The third-order valence-corrected chi connectivity index (χ3v) is 6.11. The number of benzene rings is 1. The van der Waals surface area contributed by atoms with Crippen molar-refractivity contribution in [1.82, 2.24) is 4.90 Å². The van der Waals surface area contributed by atoms with Gasteiger partial charge in [-0.1, -0.05) is 12.1 Å². The average Bonchev–Trinajstić information content (AvgIpc) is 3.20. The van der Waals surface area contributed by atoms with E-state index in [1.54, 1.807) is 23.5 Å². The van der Waals surface area contributed by atoms with Crippen molar-refractivity contribution in [2.45, 2.75) is 13.5 Å². The molecule has 8 heteroatoms. The summed E-state index contributed by atoms with van der Waals surface area (Å²) in [5.74, 6) is -0.293. The molecule has 3 N–H and O–H groups in total. The Bertz CT molecular complexity index is 807. The van der Waals surface area contributed by atoms with Gasteiger partial charge in [0.05, 0.1) is 6.54 Å². The maximum absolute atomic E-state index is 13.2. The van der Waals surface area contributed by atoms with E-state index in [0.717, 1.165) is 26.2 Å². The number of likely N-dealkylation sites (N-methyl/N-ethyl adjacent to an activating group) is 1. The van der Waals surface area contributed by atoms with E-state index in [-0.39, 0.29) is 17.6 Å². The minimum atomic E-state index is -0.364. The van der Waals surface area contributed by atoms with Crippen LogP contribution in [-0.2, 0) is 16.1 Å². The second-order valence-electron chi connectivity index (χ2n) is 7.40. The van der Waals surface area contributed by atoms with Gasteiger partial charge < -0.3 is 20.0 Å². The first-order chi connectivity index (χ1) is 14.0. The molecule has 0 unspecified atom stereocenters. The Morgan fingerprint density at radius 1 is 1.10 bits per heavy atom. The van der Waals surface area contributed by atoms with Crippen LogP contribution in [0.2, 0.25) is 0 Å². The van der Waals surface area contributed by atoms with E-state index in [1.807, 2.05) is 23.3 Å². The predicted molar refractivity (Wildman–Crippen MR) is 112 cm³/mol. The summed E-state index contributed by atoms with van der Waals surface area (Å²) in [6, 6.07) is 10.00. The van der Waals surface area contributed by atoms with E-state index in [9.17, 15) is 14.0 Å². The molecule has 0 aliphatic carbocycles. The van der Waals surface area contributed by atoms with Crippen molar-refractivity contribution < 1.29 is 23.8 Å². The lowest BCUT2D eigenvalue weighted by Crippen LogP contribution is -3.28. The van der Waals surface area contributed by atoms with Crippen LogP contribution in [0.4, 0.5) is 10.1 Å². The molecule has 1 aromatic carbocycles. The summed E-state index contributed by atoms with van der Waals surface area (Å²) < 4.78 is 13.2. The van der Waals surface area contributed by atoms with Crippen molar-refractivity contribution in [2.75, 3.05) is 51.1 Å². The average molecular weight is 421 g/mol. The Hall–Kier alpha value is -2.29. The number of carbonyl (C=O) groups excluding carboxylic acids is 2. The topological polar surface area (TPSA) is 58.3 Å². The van der Waals surface area contributed by atoms with Crippen molar-refractivity contribution in [2.24, 2.45) is 0 Å². The number of carbonyl (C=O) groups is 2. The highest BCUT2D eigenvalue weighted by Gasteiger charge is 2.27. The fourth-order valence-electron chi connectivity index (χ4n) is 3.60. The summed E-state index contributed by atoms with van der Waals surface area (Å²) in [6.07, 6.45) is 0. The number of halogens is 1. The largest absolute Gasteiger partial charge is 0.333 e. The van der Waals surface area contributed by atoms with Gasteiger partial charge in [0, 0.05) is 17.1 Å². The predicted octanol–water partition coefficient (Wildman–Crippen LogP) is -0.342. The smallest absolute Gasteiger partial charge is 0.279 e. The first kappa shape index (κ1) is 21.4. The van der Waals surface area contributed by atoms with Crippen molar-refractivity contribution in [3.63, 3.8) is 0 Å². The summed E-state index contributed by atoms with van der Waals surface area (Å²) in [4.78, 5) is 30.5. The van der Waals surface area contributed by atoms with Crippen molar-refractivity contribution >= 4 is 28.8 Å². The molecule has 1 aliphatic rings. The Morgan fingerprint density at radius 2 is 1.83 bits per heavy atom. The molecule has 1 aromatic heterocycles. The van der Waals surface area contributed by atoms with Gasteiger partial charge in [-0.3, -0.25) is 9.59 Å². The van der Waals surface area contributed by atoms with Gasteiger partial charge in [-0.05, 0) is 36.6 Å². The van der Waals surface area contributed by atoms with Gasteiger partial charge in [0.2, 0.25) is 0 Å². The zero-order valence-corrected chi connectivity index (χ0v) is 17.6. The van der Waals surface area contributed by atoms with Crippen LogP contribution in [0.15, 0.2) is 41.8 Å². The Labute approximate surface area is 174 Å². The molecule has 0 saturated carbocycles. The fourth-order valence-corrected chi connectivity index (χ4v) is 4.32. The normalized spacial score (nSPS) is 19.0. The lowest BCUT2D eigenvalue weighted by atomic mass is 10.2. The van der Waals surface area contributed by atoms with Crippen LogP contribution in [0.25, 0.3) is 0 Å². The highest BCUT2D eigenvalue weighted by atomic mass is 32.1. The minimum absolute atomic E-state index is 0.113. The standard InChI is InChI=1S/C21H27FN4O2S/c1-2-26(14-19-7-4-12-29-19)21(28)16-25-10-8-24(9-11-25)15-20(27)23-18-6-3-5-17(22)13-18/h3-7,12-13H,2,8-11,14-16H2,1H3,(H,23,27)/p+2. The third-order valence-electron chi connectivity index (χ3n) is 5.25. The molecular formula is C21H29FN4O2S+2. The molecule has 0 radical (unpaired) electrons. The van der Waals surface area contributed by atoms with Crippen LogP contribution in [0.1, 0.15) is 11.8 Å². The molecule has 3 rings (SSSR count). The molecule has 1 fully saturated rings. The van der Waals surface area contributed by atoms with Gasteiger partial charge in [0.1, 0.15) is 32.0 Å². The SMILES string of the molecule is CCN(Cc1cccs1)C(=O)C[NH+]1CC[NH+](CC(=O)Nc2cccc(F)c2)CC1. The summed E-state index contributed by atoms with van der Waals surface area (Å²) in [7, 11) is 0. The number of amides is 2. The number of quaternary nitrogens is 2. The Morgan fingerprint density at radius 3 is 2.45 bits per heavy atom. The van der Waals surface area contributed by atoms with Gasteiger partial charge in [-0.2, -0.15) is 0 Å². The molecule has 0 bridgehead atoms. The van der Waals surface area contributed by atoms with Crippen molar-refractivity contribution in [1.29, 1.82) is 0 Å². The number of nitrogens with one attached hydrogen (secondary N) is 3. The second-order valence-corrected chi connectivity index (χ2v) is 8.43. The Kier molecular flexibility index (Phi) is 7.74. The van der Waals surface area contributed by atoms with Gasteiger partial charge in [0.15, 0.2) is 13.1 Å². The molecular weight excluding hydrogens is 391 g/mol. The lowest BCUT2D eigenvalue weighted by molar-refractivity contribution is -1.00. The zero-order chi connectivity index (χ0) is 20.6. The van der Waals surface area contributed by atoms with Gasteiger partial charge >= 0.3 is 0 Å². The number of hydrogen-bond acceptors (Lipinski definition) is 3. The summed E-state index contributed by atoms with van der Waals surface area (Å²) in [5.41, 5.74) is 0.481. The van der Waals surface area contributed by atoms with Gasteiger partial charge in [0.25, 0.3) is 11.8 Å². The molecule has 156 valence electrons. The molecule has 0 atom stereocenters. The fraction of sp³-hybridized carbons (Fsp3) is 0.429. The lowest BCUT2D eigenvalue weighted by Gasteiger charge is -2.30. The zero-order valence-electron chi connectivity index (χ0n) is 16.7. The van der Waals surface area contributed by atoms with Gasteiger partial charge in [-0.25, -0.2) is 4.39 Å². The number of piperazine rings is 1. The number of rotatable bonds is 8. The molecule has 0 spiro atoms. The Balaban J connectivity index is 1.40. The van der Waals surface area contributed by atoms with E-state index in [2.05, 4.69) is 11.4 Å². The van der Waals surface area contributed by atoms with Crippen LogP contribution in [0.3, 0.4) is 0 Å². The van der Waals surface area contributed by atoms with E-state index in [4.69, 9.17) is 0 Å². The number of hydrogen-bond donors (Lipinski definition) is 3. The third kappa shape index (κ3) is 6.62. The second kappa shape index (κ2) is 10.5. The maximum Gasteiger partial charge on any atom is 0.279 e. The van der Waals surface area contributed by atoms with E-state index in [1.165, 1.54) is 26.8 Å². The molecule has 6 nitrogen and oxygen atoms in total. The monoisotopic (exact) mass is 420 g/mol. The summed E-state index contributed by atoms with van der Waals surface area (Å²) in [6.45, 7) is 7.68. The first-order valence-corrected chi connectivity index (χ1v) is 10.9. The van der Waals surface area contributed by atoms with Crippen LogP contribution >= 0.6 is 11.3 Å². The van der Waals surface area contributed by atoms with Crippen LogP contribution < -0.4 is 15.1 Å². The van der Waals surface area contributed by atoms with E-state index in [0.29, 0.717) is 31.9 Å². The summed E-state index contributed by atoms with van der Waals surface area (Å²) in [5, 5.41) is 4.78. The maximum atomic E-state index is 13.2. The molecule has 1 aliphatic heterocycles. The van der Waals surface area contributed by atoms with Crippen LogP contribution in [0.5, 0.6) is 0 Å². The van der Waals surface area contributed by atoms with Crippen LogP contribution in [-0.4, -0.2) is 62.5 Å². The minimum Gasteiger partial charge on any atom is -0.333 e. The van der Waals surface area contributed by atoms with Gasteiger partial charge in [-0.15, -0.1) is 11.3 Å². The quantitative estimate of drug-likeness (QED) is 0.547. The molecule has 29 heavy (non-hydrogen) atoms. The molecule has 2 aromatic rings. The molecule has 2 heterocycles. The number of nitrogens with zero attached hydrogens (tertiary/aromatic N) is 1.